The van der Waals surface area contributed by atoms with Gasteiger partial charge in [-0.1, -0.05) is 42.0 Å². The molecule has 1 aromatic heterocycles. The summed E-state index contributed by atoms with van der Waals surface area (Å²) >= 11 is 0. The van der Waals surface area contributed by atoms with Crippen molar-refractivity contribution in [2.45, 2.75) is 40.3 Å². The second-order valence-corrected chi connectivity index (χ2v) is 6.81. The minimum Gasteiger partial charge on any atom is -0.489 e. The lowest BCUT2D eigenvalue weighted by Gasteiger charge is -2.16. The number of anilines is 3. The molecule has 0 bridgehead atoms. The predicted molar refractivity (Wildman–Crippen MR) is 111 cm³/mol. The van der Waals surface area contributed by atoms with Crippen molar-refractivity contribution in [2.75, 3.05) is 10.6 Å². The molecule has 2 aromatic carbocycles. The van der Waals surface area contributed by atoms with Gasteiger partial charge in [0.25, 0.3) is 0 Å². The number of ether oxygens (including phenoxy) is 1. The van der Waals surface area contributed by atoms with Gasteiger partial charge in [-0.15, -0.1) is 0 Å². The molecule has 27 heavy (non-hydrogen) atoms. The van der Waals surface area contributed by atoms with Gasteiger partial charge in [-0.3, -0.25) is 0 Å². The molecule has 2 N–H and O–H groups in total. The minimum absolute atomic E-state index is 0.104. The number of nitrogens with one attached hydrogen (secondary N) is 2. The number of aryl methyl sites for hydroxylation is 2. The van der Waals surface area contributed by atoms with Crippen LogP contribution in [0.1, 0.15) is 30.8 Å². The highest BCUT2D eigenvalue weighted by molar-refractivity contribution is 5.65. The van der Waals surface area contributed by atoms with Gasteiger partial charge in [0.15, 0.2) is 0 Å². The molecule has 0 saturated carbocycles. The normalized spacial score (nSPS) is 10.7. The van der Waals surface area contributed by atoms with E-state index in [1.54, 1.807) is 0 Å². The van der Waals surface area contributed by atoms with Crippen LogP contribution in [-0.2, 0) is 6.54 Å². The zero-order chi connectivity index (χ0) is 19.2. The summed E-state index contributed by atoms with van der Waals surface area (Å²) in [6.45, 7) is 8.71. The molecule has 3 rings (SSSR count). The van der Waals surface area contributed by atoms with E-state index in [-0.39, 0.29) is 6.10 Å². The van der Waals surface area contributed by atoms with Crippen molar-refractivity contribution in [1.82, 2.24) is 9.97 Å². The summed E-state index contributed by atoms with van der Waals surface area (Å²) in [5.41, 5.74) is 3.35. The highest BCUT2D eigenvalue weighted by Crippen LogP contribution is 2.28. The SMILES string of the molecule is Cc1ccc(CNc2cc(Nc3ccccc3OC(C)C)nc(C)n2)cc1. The lowest BCUT2D eigenvalue weighted by molar-refractivity contribution is 0.244. The molecule has 0 amide bonds. The van der Waals surface area contributed by atoms with Gasteiger partial charge in [-0.2, -0.15) is 0 Å². The highest BCUT2D eigenvalue weighted by atomic mass is 16.5. The molecule has 0 radical (unpaired) electrons. The van der Waals surface area contributed by atoms with Crippen molar-refractivity contribution < 1.29 is 4.74 Å². The van der Waals surface area contributed by atoms with Gasteiger partial charge in [0.2, 0.25) is 0 Å². The molecule has 5 heteroatoms. The van der Waals surface area contributed by atoms with Crippen LogP contribution in [0.2, 0.25) is 0 Å². The van der Waals surface area contributed by atoms with Gasteiger partial charge in [0.05, 0.1) is 11.8 Å². The molecule has 0 unspecified atom stereocenters. The maximum Gasteiger partial charge on any atom is 0.143 e. The summed E-state index contributed by atoms with van der Waals surface area (Å²) in [6.07, 6.45) is 0.104. The molecule has 1 heterocycles. The lowest BCUT2D eigenvalue weighted by atomic mass is 10.1. The van der Waals surface area contributed by atoms with Crippen molar-refractivity contribution in [1.29, 1.82) is 0 Å². The average molecular weight is 362 g/mol. The van der Waals surface area contributed by atoms with Crippen LogP contribution in [0.15, 0.2) is 54.6 Å². The summed E-state index contributed by atoms with van der Waals surface area (Å²) in [6, 6.07) is 18.2. The van der Waals surface area contributed by atoms with E-state index >= 15 is 0 Å². The summed E-state index contributed by atoms with van der Waals surface area (Å²) in [4.78, 5) is 8.98. The quantitative estimate of drug-likeness (QED) is 0.602. The summed E-state index contributed by atoms with van der Waals surface area (Å²) in [5.74, 6) is 3.02. The van der Waals surface area contributed by atoms with Crippen LogP contribution in [-0.4, -0.2) is 16.1 Å². The van der Waals surface area contributed by atoms with Gasteiger partial charge in [0.1, 0.15) is 23.2 Å². The molecule has 0 aliphatic rings. The maximum absolute atomic E-state index is 5.87. The Morgan fingerprint density at radius 3 is 2.37 bits per heavy atom. The predicted octanol–water partition coefficient (Wildman–Crippen LogP) is 5.24. The number of benzene rings is 2. The number of aromatic nitrogens is 2. The van der Waals surface area contributed by atoms with E-state index in [9.17, 15) is 0 Å². The van der Waals surface area contributed by atoms with Crippen LogP contribution in [0.5, 0.6) is 5.75 Å². The van der Waals surface area contributed by atoms with E-state index in [0.717, 1.165) is 23.1 Å². The molecular weight excluding hydrogens is 336 g/mol. The molecule has 5 nitrogen and oxygen atoms in total. The zero-order valence-electron chi connectivity index (χ0n) is 16.3. The van der Waals surface area contributed by atoms with Crippen molar-refractivity contribution in [3.05, 3.63) is 71.5 Å². The van der Waals surface area contributed by atoms with Crippen LogP contribution >= 0.6 is 0 Å². The Hall–Kier alpha value is -3.08. The standard InChI is InChI=1S/C22H26N4O/c1-15(2)27-20-8-6-5-7-19(20)26-22-13-21(24-17(4)25-22)23-14-18-11-9-16(3)10-12-18/h5-13,15H,14H2,1-4H3,(H2,23,24,25,26). The highest BCUT2D eigenvalue weighted by Gasteiger charge is 2.08. The van der Waals surface area contributed by atoms with Crippen LogP contribution in [0.4, 0.5) is 17.3 Å². The largest absolute Gasteiger partial charge is 0.489 e. The van der Waals surface area contributed by atoms with Crippen LogP contribution in [0, 0.1) is 13.8 Å². The van der Waals surface area contributed by atoms with Gasteiger partial charge < -0.3 is 15.4 Å². The zero-order valence-corrected chi connectivity index (χ0v) is 16.3. The third kappa shape index (κ3) is 5.45. The Morgan fingerprint density at radius 2 is 1.63 bits per heavy atom. The fourth-order valence-corrected chi connectivity index (χ4v) is 2.69. The smallest absolute Gasteiger partial charge is 0.143 e. The fourth-order valence-electron chi connectivity index (χ4n) is 2.69. The molecule has 0 aliphatic carbocycles. The van der Waals surface area contributed by atoms with E-state index in [2.05, 4.69) is 51.8 Å². The summed E-state index contributed by atoms with van der Waals surface area (Å²) in [7, 11) is 0. The number of hydrogen-bond donors (Lipinski definition) is 2. The molecule has 0 fully saturated rings. The second-order valence-electron chi connectivity index (χ2n) is 6.81. The Labute approximate surface area is 160 Å². The maximum atomic E-state index is 5.87. The molecule has 0 atom stereocenters. The Balaban J connectivity index is 1.74. The van der Waals surface area contributed by atoms with Crippen molar-refractivity contribution in [3.63, 3.8) is 0 Å². The molecule has 3 aromatic rings. The molecule has 0 saturated heterocycles. The topological polar surface area (TPSA) is 59.1 Å². The van der Waals surface area contributed by atoms with E-state index in [1.807, 2.05) is 51.1 Å². The van der Waals surface area contributed by atoms with Gasteiger partial charge in [-0.05, 0) is 45.4 Å². The third-order valence-electron chi connectivity index (χ3n) is 3.94. The first-order chi connectivity index (χ1) is 13.0. The van der Waals surface area contributed by atoms with Crippen LogP contribution in [0.25, 0.3) is 0 Å². The first-order valence-corrected chi connectivity index (χ1v) is 9.17. The van der Waals surface area contributed by atoms with E-state index in [4.69, 9.17) is 4.74 Å². The number of rotatable bonds is 7. The number of para-hydroxylation sites is 2. The average Bonchev–Trinajstić information content (AvgIpc) is 2.62. The third-order valence-corrected chi connectivity index (χ3v) is 3.94. The van der Waals surface area contributed by atoms with Gasteiger partial charge in [0, 0.05) is 12.6 Å². The first kappa shape index (κ1) is 18.7. The molecule has 140 valence electrons. The van der Waals surface area contributed by atoms with E-state index in [1.165, 1.54) is 11.1 Å². The van der Waals surface area contributed by atoms with Crippen LogP contribution in [0.3, 0.4) is 0 Å². The van der Waals surface area contributed by atoms with Gasteiger partial charge in [-0.25, -0.2) is 9.97 Å². The van der Waals surface area contributed by atoms with Crippen LogP contribution < -0.4 is 15.4 Å². The Morgan fingerprint density at radius 1 is 0.926 bits per heavy atom. The Kier molecular flexibility index (Phi) is 5.91. The first-order valence-electron chi connectivity index (χ1n) is 9.17. The minimum atomic E-state index is 0.104. The molecule has 0 aliphatic heterocycles. The second kappa shape index (κ2) is 8.54. The van der Waals surface area contributed by atoms with E-state index in [0.29, 0.717) is 12.4 Å². The monoisotopic (exact) mass is 362 g/mol. The molecular formula is C22H26N4O. The Bertz CT molecular complexity index is 891. The lowest BCUT2D eigenvalue weighted by Crippen LogP contribution is -2.08. The number of nitrogens with zero attached hydrogens (tertiary/aromatic N) is 2. The number of hydrogen-bond acceptors (Lipinski definition) is 5. The van der Waals surface area contributed by atoms with Crippen molar-refractivity contribution in [3.8, 4) is 5.75 Å². The van der Waals surface area contributed by atoms with Gasteiger partial charge >= 0.3 is 0 Å². The van der Waals surface area contributed by atoms with Crippen molar-refractivity contribution in [2.24, 2.45) is 0 Å². The summed E-state index contributed by atoms with van der Waals surface area (Å²) in [5, 5.41) is 6.72. The summed E-state index contributed by atoms with van der Waals surface area (Å²) < 4.78 is 5.87. The fraction of sp³-hybridized carbons (Fsp3) is 0.273. The van der Waals surface area contributed by atoms with E-state index < -0.39 is 0 Å². The van der Waals surface area contributed by atoms with Crippen molar-refractivity contribution >= 4 is 17.3 Å². The molecule has 0 spiro atoms.